The largest absolute Gasteiger partial charge is 0.443 e. The number of nitrogens with zero attached hydrogens (tertiary/aromatic N) is 2. The lowest BCUT2D eigenvalue weighted by atomic mass is 9.64. The Hall–Kier alpha value is -2.30. The van der Waals surface area contributed by atoms with E-state index in [-0.39, 0.29) is 10.8 Å². The SMILES string of the molecule is CCNC(=NCc1ncc(C(C)(C)C)o1)NCC1(c2ccccc2)CCC1. The summed E-state index contributed by atoms with van der Waals surface area (Å²) in [4.78, 5) is 9.04. The summed E-state index contributed by atoms with van der Waals surface area (Å²) in [6.45, 7) is 10.6. The van der Waals surface area contributed by atoms with Crippen LogP contribution in [0.25, 0.3) is 0 Å². The number of hydrogen-bond donors (Lipinski definition) is 2. The summed E-state index contributed by atoms with van der Waals surface area (Å²) in [5.74, 6) is 2.36. The minimum absolute atomic E-state index is 0.0377. The summed E-state index contributed by atoms with van der Waals surface area (Å²) in [6.07, 6.45) is 5.54. The first-order valence-corrected chi connectivity index (χ1v) is 9.96. The molecule has 0 bridgehead atoms. The summed E-state index contributed by atoms with van der Waals surface area (Å²) in [7, 11) is 0. The van der Waals surface area contributed by atoms with Crippen molar-refractivity contribution in [3.63, 3.8) is 0 Å². The van der Waals surface area contributed by atoms with Crippen molar-refractivity contribution in [2.45, 2.75) is 64.3 Å². The molecule has 1 aromatic heterocycles. The van der Waals surface area contributed by atoms with E-state index in [0.717, 1.165) is 24.8 Å². The lowest BCUT2D eigenvalue weighted by molar-refractivity contribution is 0.244. The predicted octanol–water partition coefficient (Wildman–Crippen LogP) is 4.15. The Morgan fingerprint density at radius 2 is 1.93 bits per heavy atom. The van der Waals surface area contributed by atoms with Crippen molar-refractivity contribution >= 4 is 5.96 Å². The molecule has 1 saturated carbocycles. The van der Waals surface area contributed by atoms with E-state index in [1.807, 2.05) is 6.20 Å². The average molecular weight is 369 g/mol. The minimum Gasteiger partial charge on any atom is -0.443 e. The van der Waals surface area contributed by atoms with Crippen LogP contribution in [-0.4, -0.2) is 24.0 Å². The van der Waals surface area contributed by atoms with E-state index < -0.39 is 0 Å². The van der Waals surface area contributed by atoms with Crippen LogP contribution in [0.2, 0.25) is 0 Å². The highest BCUT2D eigenvalue weighted by molar-refractivity contribution is 5.79. The second-order valence-corrected chi connectivity index (χ2v) is 8.42. The van der Waals surface area contributed by atoms with Crippen LogP contribution in [0.15, 0.2) is 45.9 Å². The van der Waals surface area contributed by atoms with Crippen LogP contribution in [0.3, 0.4) is 0 Å². The molecule has 0 radical (unpaired) electrons. The Balaban J connectivity index is 1.65. The molecule has 0 amide bonds. The van der Waals surface area contributed by atoms with Crippen LogP contribution in [0.1, 0.15) is 64.2 Å². The van der Waals surface area contributed by atoms with E-state index in [1.54, 1.807) is 0 Å². The first-order chi connectivity index (χ1) is 12.9. The Labute approximate surface area is 162 Å². The zero-order chi connectivity index (χ0) is 19.3. The second kappa shape index (κ2) is 8.15. The van der Waals surface area contributed by atoms with Gasteiger partial charge in [0.2, 0.25) is 5.89 Å². The lowest BCUT2D eigenvalue weighted by Crippen LogP contribution is -2.48. The zero-order valence-corrected chi connectivity index (χ0v) is 17.0. The van der Waals surface area contributed by atoms with Gasteiger partial charge in [0.15, 0.2) is 5.96 Å². The highest BCUT2D eigenvalue weighted by Crippen LogP contribution is 2.43. The molecule has 0 unspecified atom stereocenters. The Morgan fingerprint density at radius 3 is 2.48 bits per heavy atom. The number of rotatable bonds is 6. The molecule has 1 heterocycles. The maximum Gasteiger partial charge on any atom is 0.216 e. The van der Waals surface area contributed by atoms with Crippen molar-refractivity contribution in [1.29, 1.82) is 0 Å². The van der Waals surface area contributed by atoms with Gasteiger partial charge in [-0.1, -0.05) is 57.5 Å². The molecule has 0 atom stereocenters. The molecule has 0 aliphatic heterocycles. The molecule has 5 nitrogen and oxygen atoms in total. The van der Waals surface area contributed by atoms with Gasteiger partial charge in [-0.25, -0.2) is 9.98 Å². The van der Waals surface area contributed by atoms with Crippen molar-refractivity contribution < 1.29 is 4.42 Å². The molecule has 2 aromatic rings. The highest BCUT2D eigenvalue weighted by Gasteiger charge is 2.38. The molecule has 27 heavy (non-hydrogen) atoms. The van der Waals surface area contributed by atoms with Crippen molar-refractivity contribution in [3.8, 4) is 0 Å². The number of hydrogen-bond acceptors (Lipinski definition) is 3. The first-order valence-electron chi connectivity index (χ1n) is 9.96. The average Bonchev–Trinajstić information content (AvgIpc) is 3.09. The van der Waals surface area contributed by atoms with Crippen LogP contribution >= 0.6 is 0 Å². The number of nitrogens with one attached hydrogen (secondary N) is 2. The Kier molecular flexibility index (Phi) is 5.88. The van der Waals surface area contributed by atoms with E-state index in [0.29, 0.717) is 12.4 Å². The normalized spacial score (nSPS) is 16.7. The zero-order valence-electron chi connectivity index (χ0n) is 17.0. The lowest BCUT2D eigenvalue weighted by Gasteiger charge is -2.43. The number of guanidine groups is 1. The summed E-state index contributed by atoms with van der Waals surface area (Å²) in [5, 5.41) is 6.87. The molecular weight excluding hydrogens is 336 g/mol. The Bertz CT molecular complexity index is 754. The van der Waals surface area contributed by atoms with Crippen molar-refractivity contribution in [3.05, 3.63) is 53.7 Å². The first kappa shape index (κ1) is 19.5. The van der Waals surface area contributed by atoms with Gasteiger partial charge in [-0.3, -0.25) is 0 Å². The fourth-order valence-electron chi connectivity index (χ4n) is 3.43. The van der Waals surface area contributed by atoms with Crippen LogP contribution in [-0.2, 0) is 17.4 Å². The predicted molar refractivity (Wildman–Crippen MR) is 110 cm³/mol. The number of aliphatic imine (C=N–C) groups is 1. The molecule has 5 heteroatoms. The van der Waals surface area contributed by atoms with Crippen LogP contribution in [0.5, 0.6) is 0 Å². The number of benzene rings is 1. The van der Waals surface area contributed by atoms with Gasteiger partial charge < -0.3 is 15.1 Å². The maximum absolute atomic E-state index is 5.85. The van der Waals surface area contributed by atoms with Gasteiger partial charge in [0.25, 0.3) is 0 Å². The molecule has 3 rings (SSSR count). The quantitative estimate of drug-likeness (QED) is 0.594. The van der Waals surface area contributed by atoms with Crippen LogP contribution in [0, 0.1) is 0 Å². The molecule has 1 aliphatic rings. The van der Waals surface area contributed by atoms with Gasteiger partial charge in [-0.2, -0.15) is 0 Å². The number of aromatic nitrogens is 1. The standard InChI is InChI=1S/C22H32N4O/c1-5-23-20(25-15-19-24-14-18(27-19)21(2,3)4)26-16-22(12-9-13-22)17-10-7-6-8-11-17/h6-8,10-11,14H,5,9,12-13,15-16H2,1-4H3,(H2,23,25,26). The molecule has 2 N–H and O–H groups in total. The van der Waals surface area contributed by atoms with Gasteiger partial charge in [-0.15, -0.1) is 0 Å². The third-order valence-corrected chi connectivity index (χ3v) is 5.30. The van der Waals surface area contributed by atoms with E-state index >= 15 is 0 Å². The molecular formula is C22H32N4O. The molecule has 1 fully saturated rings. The monoisotopic (exact) mass is 368 g/mol. The van der Waals surface area contributed by atoms with Gasteiger partial charge in [0.1, 0.15) is 12.3 Å². The Morgan fingerprint density at radius 1 is 1.19 bits per heavy atom. The third kappa shape index (κ3) is 4.71. The second-order valence-electron chi connectivity index (χ2n) is 8.42. The molecule has 1 aromatic carbocycles. The highest BCUT2D eigenvalue weighted by atomic mass is 16.4. The molecule has 0 spiro atoms. The van der Waals surface area contributed by atoms with E-state index in [9.17, 15) is 0 Å². The van der Waals surface area contributed by atoms with Gasteiger partial charge in [0.05, 0.1) is 6.20 Å². The fraction of sp³-hybridized carbons (Fsp3) is 0.545. The van der Waals surface area contributed by atoms with Gasteiger partial charge >= 0.3 is 0 Å². The summed E-state index contributed by atoms with van der Waals surface area (Å²) in [5.41, 5.74) is 1.60. The van der Waals surface area contributed by atoms with E-state index in [4.69, 9.17) is 4.42 Å². The topological polar surface area (TPSA) is 62.5 Å². The van der Waals surface area contributed by atoms with Crippen molar-refractivity contribution in [2.75, 3.05) is 13.1 Å². The van der Waals surface area contributed by atoms with Crippen molar-refractivity contribution in [1.82, 2.24) is 15.6 Å². The minimum atomic E-state index is -0.0377. The van der Waals surface area contributed by atoms with Gasteiger partial charge in [-0.05, 0) is 25.3 Å². The fourth-order valence-corrected chi connectivity index (χ4v) is 3.43. The molecule has 146 valence electrons. The van der Waals surface area contributed by atoms with E-state index in [1.165, 1.54) is 24.8 Å². The van der Waals surface area contributed by atoms with Crippen molar-refractivity contribution in [2.24, 2.45) is 4.99 Å². The van der Waals surface area contributed by atoms with E-state index in [2.05, 4.69) is 78.6 Å². The summed E-state index contributed by atoms with van der Waals surface area (Å²) < 4.78 is 5.85. The van der Waals surface area contributed by atoms with Crippen LogP contribution in [0.4, 0.5) is 0 Å². The smallest absolute Gasteiger partial charge is 0.216 e. The molecule has 1 aliphatic carbocycles. The summed E-state index contributed by atoms with van der Waals surface area (Å²) >= 11 is 0. The number of oxazole rings is 1. The van der Waals surface area contributed by atoms with Gasteiger partial charge in [0, 0.05) is 23.9 Å². The maximum atomic E-state index is 5.85. The summed E-state index contributed by atoms with van der Waals surface area (Å²) in [6, 6.07) is 10.8. The van der Waals surface area contributed by atoms with Crippen LogP contribution < -0.4 is 10.6 Å². The molecule has 0 saturated heterocycles. The third-order valence-electron chi connectivity index (χ3n) is 5.30.